The molecule has 4 heteroatoms. The molecule has 0 bridgehead atoms. The Labute approximate surface area is 452 Å². The summed E-state index contributed by atoms with van der Waals surface area (Å²) in [5.74, 6) is 0. The van der Waals surface area contributed by atoms with Crippen LogP contribution in [0, 0.1) is 22.7 Å². The van der Waals surface area contributed by atoms with Gasteiger partial charge in [-0.05, 0) is 138 Å². The second kappa shape index (κ2) is 19.2. The zero-order valence-electron chi connectivity index (χ0n) is 42.3. The monoisotopic (exact) mass is 990 g/mol. The van der Waals surface area contributed by atoms with Crippen molar-refractivity contribution in [1.29, 1.82) is 10.5 Å². The van der Waals surface area contributed by atoms with Crippen LogP contribution in [0.5, 0.6) is 0 Å². The number of nitriles is 2. The summed E-state index contributed by atoms with van der Waals surface area (Å²) in [6.07, 6.45) is 0. The fourth-order valence-electron chi connectivity index (χ4n) is 11.7. The highest BCUT2D eigenvalue weighted by atomic mass is 15.2. The number of fused-ring (bicyclic) bond motifs is 2. The van der Waals surface area contributed by atoms with E-state index in [1.807, 2.05) is 24.3 Å². The molecular formula is C74H46N4. The Balaban J connectivity index is 1.07. The summed E-state index contributed by atoms with van der Waals surface area (Å²) in [4.78, 5) is 4.84. The predicted octanol–water partition coefficient (Wildman–Crippen LogP) is 20.2. The molecular weight excluding hydrogens is 945 g/mol. The number of hydrogen-bond donors (Lipinski definition) is 0. The number of nitrogens with zero attached hydrogens (tertiary/aromatic N) is 4. The van der Waals surface area contributed by atoms with Crippen LogP contribution < -0.4 is 9.80 Å². The van der Waals surface area contributed by atoms with Gasteiger partial charge in [0.25, 0.3) is 0 Å². The molecule has 0 atom stereocenters. The Morgan fingerprint density at radius 2 is 0.590 bits per heavy atom. The fraction of sp³-hybridized carbons (Fsp3) is 0. The van der Waals surface area contributed by atoms with E-state index >= 15 is 0 Å². The zero-order valence-corrected chi connectivity index (χ0v) is 42.3. The highest BCUT2D eigenvalue weighted by Gasteiger charge is 2.27. The summed E-state index contributed by atoms with van der Waals surface area (Å²) < 4.78 is 0. The minimum atomic E-state index is 0.596. The van der Waals surface area contributed by atoms with Crippen LogP contribution in [0.25, 0.3) is 98.4 Å². The molecule has 0 heterocycles. The third-order valence-electron chi connectivity index (χ3n) is 15.4. The fourth-order valence-corrected chi connectivity index (χ4v) is 11.7. The van der Waals surface area contributed by atoms with E-state index in [1.165, 1.54) is 0 Å². The molecule has 0 aromatic heterocycles. The number of hydrogen-bond acceptors (Lipinski definition) is 4. The SMILES string of the molecule is N#Cc1ccc(N(c2c(-c3ccccc3)ccc3ccc(-c4ccccc4)cc23)c2ccc3ccc4c(N(c5ccc(C#N)cc5)c5c(-c6ccccc6)ccc6ccc(-c7ccccc7)cc56)ccc5ccc2c3c54)cc1. The molecule has 0 aliphatic heterocycles. The lowest BCUT2D eigenvalue weighted by Gasteiger charge is -2.32. The molecule has 0 fully saturated rings. The Hall–Kier alpha value is -10.8. The van der Waals surface area contributed by atoms with E-state index < -0.39 is 0 Å². The molecule has 0 radical (unpaired) electrons. The van der Waals surface area contributed by atoms with Crippen molar-refractivity contribution in [1.82, 2.24) is 0 Å². The number of rotatable bonds is 10. The molecule has 0 aliphatic rings. The molecule has 14 rings (SSSR count). The van der Waals surface area contributed by atoms with Gasteiger partial charge in [0.15, 0.2) is 0 Å². The second-order valence-corrected chi connectivity index (χ2v) is 19.8. The van der Waals surface area contributed by atoms with Gasteiger partial charge < -0.3 is 9.80 Å². The highest BCUT2D eigenvalue weighted by Crippen LogP contribution is 2.53. The largest absolute Gasteiger partial charge is 0.309 e. The van der Waals surface area contributed by atoms with Gasteiger partial charge in [-0.2, -0.15) is 10.5 Å². The van der Waals surface area contributed by atoms with Gasteiger partial charge in [0, 0.05) is 44.0 Å². The van der Waals surface area contributed by atoms with Crippen LogP contribution >= 0.6 is 0 Å². The van der Waals surface area contributed by atoms with E-state index in [-0.39, 0.29) is 0 Å². The molecule has 14 aromatic carbocycles. The van der Waals surface area contributed by atoms with Crippen LogP contribution in [0.2, 0.25) is 0 Å². The summed E-state index contributed by atoms with van der Waals surface area (Å²) in [5, 5.41) is 31.4. The van der Waals surface area contributed by atoms with E-state index in [4.69, 9.17) is 0 Å². The molecule has 0 amide bonds. The first kappa shape index (κ1) is 45.8. The minimum Gasteiger partial charge on any atom is -0.309 e. The Kier molecular flexibility index (Phi) is 11.3. The molecule has 4 nitrogen and oxygen atoms in total. The molecule has 362 valence electrons. The van der Waals surface area contributed by atoms with Gasteiger partial charge in [-0.3, -0.25) is 0 Å². The third-order valence-corrected chi connectivity index (χ3v) is 15.4. The van der Waals surface area contributed by atoms with Crippen LogP contribution in [0.15, 0.2) is 279 Å². The van der Waals surface area contributed by atoms with Gasteiger partial charge in [0.2, 0.25) is 0 Å². The Morgan fingerprint density at radius 1 is 0.256 bits per heavy atom. The summed E-state index contributed by atoms with van der Waals surface area (Å²) in [5.41, 5.74) is 16.1. The first-order chi connectivity index (χ1) is 38.6. The van der Waals surface area contributed by atoms with Gasteiger partial charge in [0.05, 0.1) is 46.0 Å². The first-order valence-corrected chi connectivity index (χ1v) is 26.3. The Morgan fingerprint density at radius 3 is 0.962 bits per heavy atom. The van der Waals surface area contributed by atoms with E-state index in [1.54, 1.807) is 0 Å². The van der Waals surface area contributed by atoms with E-state index in [0.29, 0.717) is 11.1 Å². The molecule has 0 saturated heterocycles. The molecule has 14 aromatic rings. The van der Waals surface area contributed by atoms with Crippen molar-refractivity contribution in [2.24, 2.45) is 0 Å². The van der Waals surface area contributed by atoms with E-state index in [9.17, 15) is 10.5 Å². The van der Waals surface area contributed by atoms with Crippen molar-refractivity contribution in [3.63, 3.8) is 0 Å². The molecule has 78 heavy (non-hydrogen) atoms. The van der Waals surface area contributed by atoms with Crippen LogP contribution in [0.3, 0.4) is 0 Å². The standard InChI is InChI=1S/C74H46N4/c75-47-49-21-35-61(36-22-49)77(73-63(53-17-9-3-10-18-53)39-29-55-25-27-59(45-67(55)73)51-13-5-1-6-14-51)69-43-33-57-32-42-66-70(44-34-58-31-41-65(69)71(57)72(58)66)78(62-37-23-50(48-76)24-38-62)74-64(54-19-11-4-12-20-54)40-30-56-26-28-60(46-68(56)74)52-15-7-2-8-16-52/h1-46H. The summed E-state index contributed by atoms with van der Waals surface area (Å²) in [6, 6.07) is 104. The topological polar surface area (TPSA) is 54.1 Å². The first-order valence-electron chi connectivity index (χ1n) is 26.3. The normalized spacial score (nSPS) is 11.3. The molecule has 0 aliphatic carbocycles. The van der Waals surface area contributed by atoms with Crippen LogP contribution in [-0.4, -0.2) is 0 Å². The smallest absolute Gasteiger partial charge is 0.0991 e. The summed E-state index contributed by atoms with van der Waals surface area (Å²) >= 11 is 0. The second-order valence-electron chi connectivity index (χ2n) is 19.8. The Bertz CT molecular complexity index is 4340. The van der Waals surface area contributed by atoms with Gasteiger partial charge in [0.1, 0.15) is 0 Å². The predicted molar refractivity (Wildman–Crippen MR) is 326 cm³/mol. The zero-order chi connectivity index (χ0) is 52.1. The van der Waals surface area contributed by atoms with Crippen molar-refractivity contribution in [2.75, 3.05) is 9.80 Å². The summed E-state index contributed by atoms with van der Waals surface area (Å²) in [7, 11) is 0. The molecule has 0 unspecified atom stereocenters. The maximum absolute atomic E-state index is 10.1. The van der Waals surface area contributed by atoms with Crippen molar-refractivity contribution < 1.29 is 0 Å². The third kappa shape index (κ3) is 7.84. The van der Waals surface area contributed by atoms with Gasteiger partial charge >= 0.3 is 0 Å². The van der Waals surface area contributed by atoms with E-state index in [0.717, 1.165) is 132 Å². The average Bonchev–Trinajstić information content (AvgIpc) is 3.50. The highest BCUT2D eigenvalue weighted by molar-refractivity contribution is 6.29. The molecule has 0 N–H and O–H groups in total. The maximum atomic E-state index is 10.1. The summed E-state index contributed by atoms with van der Waals surface area (Å²) in [6.45, 7) is 0. The van der Waals surface area contributed by atoms with Crippen molar-refractivity contribution >= 4 is 88.0 Å². The van der Waals surface area contributed by atoms with Gasteiger partial charge in [-0.25, -0.2) is 0 Å². The van der Waals surface area contributed by atoms with Crippen LogP contribution in [0.4, 0.5) is 34.1 Å². The molecule has 0 saturated carbocycles. The van der Waals surface area contributed by atoms with Crippen molar-refractivity contribution in [3.05, 3.63) is 290 Å². The lowest BCUT2D eigenvalue weighted by molar-refractivity contribution is 1.31. The van der Waals surface area contributed by atoms with E-state index in [2.05, 4.69) is 277 Å². The average molecular weight is 991 g/mol. The van der Waals surface area contributed by atoms with Crippen LogP contribution in [0.1, 0.15) is 11.1 Å². The van der Waals surface area contributed by atoms with Gasteiger partial charge in [-0.1, -0.05) is 206 Å². The van der Waals surface area contributed by atoms with Crippen molar-refractivity contribution in [3.8, 4) is 56.6 Å². The number of anilines is 6. The number of benzene rings is 14. The quantitative estimate of drug-likeness (QED) is 0.128. The van der Waals surface area contributed by atoms with Crippen molar-refractivity contribution in [2.45, 2.75) is 0 Å². The minimum absolute atomic E-state index is 0.596. The maximum Gasteiger partial charge on any atom is 0.0991 e. The lowest BCUT2D eigenvalue weighted by Crippen LogP contribution is -2.13. The van der Waals surface area contributed by atoms with Gasteiger partial charge in [-0.15, -0.1) is 0 Å². The van der Waals surface area contributed by atoms with Crippen LogP contribution in [-0.2, 0) is 0 Å². The lowest BCUT2D eigenvalue weighted by atomic mass is 9.90. The molecule has 0 spiro atoms.